The van der Waals surface area contributed by atoms with Gasteiger partial charge < -0.3 is 19.7 Å². The second-order valence-electron chi connectivity index (χ2n) is 8.03. The van der Waals surface area contributed by atoms with Gasteiger partial charge in [-0.1, -0.05) is 42.0 Å². The molecule has 0 aliphatic carbocycles. The second kappa shape index (κ2) is 9.13. The number of aryl methyl sites for hydroxylation is 2. The third kappa shape index (κ3) is 5.00. The summed E-state index contributed by atoms with van der Waals surface area (Å²) in [5.41, 5.74) is 5.34. The number of carbonyl (C=O) groups is 1. The molecule has 3 aromatic carbocycles. The molecule has 5 heteroatoms. The van der Waals surface area contributed by atoms with Crippen LogP contribution in [-0.4, -0.2) is 25.7 Å². The normalized spacial score (nSPS) is 15.1. The fourth-order valence-electron chi connectivity index (χ4n) is 3.85. The predicted octanol–water partition coefficient (Wildman–Crippen LogP) is 5.11. The largest absolute Gasteiger partial charge is 0.497 e. The smallest absolute Gasteiger partial charge is 0.226 e. The summed E-state index contributed by atoms with van der Waals surface area (Å²) in [6.07, 6.45) is 0.330. The molecular weight excluding hydrogens is 388 g/mol. The maximum Gasteiger partial charge on any atom is 0.226 e. The summed E-state index contributed by atoms with van der Waals surface area (Å²) in [6.45, 7) is 5.33. The minimum Gasteiger partial charge on any atom is -0.497 e. The summed E-state index contributed by atoms with van der Waals surface area (Å²) >= 11 is 0. The fourth-order valence-corrected chi connectivity index (χ4v) is 3.85. The lowest BCUT2D eigenvalue weighted by molar-refractivity contribution is -0.116. The van der Waals surface area contributed by atoms with Crippen LogP contribution in [-0.2, 0) is 11.3 Å². The molecule has 4 rings (SSSR count). The lowest BCUT2D eigenvalue weighted by Crippen LogP contribution is -2.44. The molecule has 0 saturated carbocycles. The molecule has 0 spiro atoms. The molecule has 1 atom stereocenters. The Kier molecular flexibility index (Phi) is 6.12. The molecule has 0 bridgehead atoms. The Bertz CT molecular complexity index is 1060. The molecular formula is C26H28N2O3. The molecule has 1 heterocycles. The number of rotatable bonds is 6. The van der Waals surface area contributed by atoms with E-state index in [1.54, 1.807) is 7.11 Å². The Morgan fingerprint density at radius 3 is 2.61 bits per heavy atom. The summed E-state index contributed by atoms with van der Waals surface area (Å²) in [7, 11) is 1.61. The Morgan fingerprint density at radius 1 is 1.06 bits per heavy atom. The van der Waals surface area contributed by atoms with E-state index in [1.807, 2.05) is 24.3 Å². The van der Waals surface area contributed by atoms with Gasteiger partial charge in [-0.3, -0.25) is 4.79 Å². The molecule has 0 aromatic heterocycles. The van der Waals surface area contributed by atoms with Gasteiger partial charge in [-0.2, -0.15) is 0 Å². The van der Waals surface area contributed by atoms with Crippen LogP contribution in [0, 0.1) is 13.8 Å². The lowest BCUT2D eigenvalue weighted by Gasteiger charge is -2.38. The molecule has 1 unspecified atom stereocenters. The van der Waals surface area contributed by atoms with E-state index in [1.165, 1.54) is 11.1 Å². The second-order valence-corrected chi connectivity index (χ2v) is 8.03. The van der Waals surface area contributed by atoms with Gasteiger partial charge >= 0.3 is 0 Å². The number of benzene rings is 3. The Balaban J connectivity index is 1.54. The Morgan fingerprint density at radius 2 is 1.84 bits per heavy atom. The topological polar surface area (TPSA) is 50.8 Å². The number of anilines is 2. The van der Waals surface area contributed by atoms with Crippen LogP contribution in [0.4, 0.5) is 11.4 Å². The molecule has 0 saturated heterocycles. The number of fused-ring (bicyclic) bond motifs is 1. The number of nitrogens with one attached hydrogen (secondary N) is 1. The quantitative estimate of drug-likeness (QED) is 0.607. The summed E-state index contributed by atoms with van der Waals surface area (Å²) in [5, 5.41) is 2.99. The minimum absolute atomic E-state index is 0.0497. The van der Waals surface area contributed by atoms with Crippen LogP contribution in [0.3, 0.4) is 0 Å². The van der Waals surface area contributed by atoms with Crippen LogP contribution in [0.25, 0.3) is 0 Å². The summed E-state index contributed by atoms with van der Waals surface area (Å²) in [6, 6.07) is 22.1. The molecule has 3 aromatic rings. The van der Waals surface area contributed by atoms with Gasteiger partial charge in [0.05, 0.1) is 25.3 Å². The first-order chi connectivity index (χ1) is 15.0. The van der Waals surface area contributed by atoms with Crippen molar-refractivity contribution in [1.82, 2.24) is 0 Å². The van der Waals surface area contributed by atoms with Gasteiger partial charge in [0.1, 0.15) is 18.1 Å². The SMILES string of the molecule is COc1cccc(NC(=O)CC2COc3cc(C)ccc3N2Cc2ccc(C)cc2)c1. The van der Waals surface area contributed by atoms with Gasteiger partial charge in [-0.05, 0) is 49.2 Å². The van der Waals surface area contributed by atoms with E-state index in [2.05, 4.69) is 66.5 Å². The van der Waals surface area contributed by atoms with Crippen molar-refractivity contribution in [1.29, 1.82) is 0 Å². The average Bonchev–Trinajstić information content (AvgIpc) is 2.76. The first-order valence-corrected chi connectivity index (χ1v) is 10.5. The van der Waals surface area contributed by atoms with Crippen molar-refractivity contribution < 1.29 is 14.3 Å². The number of ether oxygens (including phenoxy) is 2. The summed E-state index contributed by atoms with van der Waals surface area (Å²) < 4.78 is 11.3. The van der Waals surface area contributed by atoms with Crippen molar-refractivity contribution in [3.8, 4) is 11.5 Å². The lowest BCUT2D eigenvalue weighted by atomic mass is 10.0. The van der Waals surface area contributed by atoms with Crippen molar-refractivity contribution in [3.63, 3.8) is 0 Å². The highest BCUT2D eigenvalue weighted by atomic mass is 16.5. The van der Waals surface area contributed by atoms with Crippen molar-refractivity contribution in [2.45, 2.75) is 32.9 Å². The first kappa shape index (κ1) is 20.8. The van der Waals surface area contributed by atoms with Crippen LogP contribution < -0.4 is 19.7 Å². The van der Waals surface area contributed by atoms with Gasteiger partial charge in [-0.15, -0.1) is 0 Å². The zero-order valence-corrected chi connectivity index (χ0v) is 18.2. The van der Waals surface area contributed by atoms with Crippen LogP contribution in [0.15, 0.2) is 66.7 Å². The molecule has 160 valence electrons. The van der Waals surface area contributed by atoms with Crippen LogP contribution in [0.5, 0.6) is 11.5 Å². The zero-order valence-electron chi connectivity index (χ0n) is 18.2. The number of methoxy groups -OCH3 is 1. The third-order valence-electron chi connectivity index (χ3n) is 5.54. The van der Waals surface area contributed by atoms with Crippen molar-refractivity contribution in [3.05, 3.63) is 83.4 Å². The average molecular weight is 417 g/mol. The van der Waals surface area contributed by atoms with Gasteiger partial charge in [0.2, 0.25) is 5.91 Å². The van der Waals surface area contributed by atoms with Gasteiger partial charge in [0.25, 0.3) is 0 Å². The van der Waals surface area contributed by atoms with Crippen molar-refractivity contribution >= 4 is 17.3 Å². The molecule has 5 nitrogen and oxygen atoms in total. The van der Waals surface area contributed by atoms with Gasteiger partial charge in [0, 0.05) is 18.3 Å². The van der Waals surface area contributed by atoms with E-state index in [9.17, 15) is 4.79 Å². The molecule has 1 N–H and O–H groups in total. The molecule has 1 aliphatic heterocycles. The van der Waals surface area contributed by atoms with E-state index in [0.29, 0.717) is 18.8 Å². The Labute approximate surface area is 183 Å². The highest BCUT2D eigenvalue weighted by molar-refractivity contribution is 5.91. The highest BCUT2D eigenvalue weighted by Crippen LogP contribution is 2.36. The monoisotopic (exact) mass is 416 g/mol. The number of hydrogen-bond donors (Lipinski definition) is 1. The third-order valence-corrected chi connectivity index (χ3v) is 5.54. The Hall–Kier alpha value is -3.47. The first-order valence-electron chi connectivity index (χ1n) is 10.5. The summed E-state index contributed by atoms with van der Waals surface area (Å²) in [4.78, 5) is 15.1. The maximum atomic E-state index is 12.9. The fraction of sp³-hybridized carbons (Fsp3) is 0.269. The van der Waals surface area contributed by atoms with Gasteiger partial charge in [0.15, 0.2) is 0 Å². The van der Waals surface area contributed by atoms with Crippen molar-refractivity contribution in [2.24, 2.45) is 0 Å². The van der Waals surface area contributed by atoms with E-state index in [-0.39, 0.29) is 11.9 Å². The van der Waals surface area contributed by atoms with E-state index in [4.69, 9.17) is 9.47 Å². The van der Waals surface area contributed by atoms with E-state index in [0.717, 1.165) is 29.2 Å². The standard InChI is InChI=1S/C26H28N2O3/c1-18-7-10-20(11-8-18)16-28-22(17-31-25-13-19(2)9-12-24(25)28)15-26(29)27-21-5-4-6-23(14-21)30-3/h4-14,22H,15-17H2,1-3H3,(H,27,29). The van der Waals surface area contributed by atoms with Crippen LogP contribution in [0.2, 0.25) is 0 Å². The molecule has 31 heavy (non-hydrogen) atoms. The molecule has 1 aliphatic rings. The van der Waals surface area contributed by atoms with Gasteiger partial charge in [-0.25, -0.2) is 0 Å². The molecule has 1 amide bonds. The predicted molar refractivity (Wildman–Crippen MR) is 124 cm³/mol. The number of nitrogens with zero attached hydrogens (tertiary/aromatic N) is 1. The molecule has 0 fully saturated rings. The molecule has 0 radical (unpaired) electrons. The highest BCUT2D eigenvalue weighted by Gasteiger charge is 2.29. The van der Waals surface area contributed by atoms with Crippen LogP contribution >= 0.6 is 0 Å². The van der Waals surface area contributed by atoms with Crippen molar-refractivity contribution in [2.75, 3.05) is 23.9 Å². The summed E-state index contributed by atoms with van der Waals surface area (Å²) in [5.74, 6) is 1.53. The number of hydrogen-bond acceptors (Lipinski definition) is 4. The van der Waals surface area contributed by atoms with Crippen LogP contribution in [0.1, 0.15) is 23.1 Å². The zero-order chi connectivity index (χ0) is 21.8. The minimum atomic E-state index is -0.0675. The maximum absolute atomic E-state index is 12.9. The van der Waals surface area contributed by atoms with E-state index < -0.39 is 0 Å². The number of carbonyl (C=O) groups excluding carboxylic acids is 1. The van der Waals surface area contributed by atoms with E-state index >= 15 is 0 Å². The number of amides is 1.